The first-order valence-electron chi connectivity index (χ1n) is 2.58. The summed E-state index contributed by atoms with van der Waals surface area (Å²) in [6.45, 7) is 0. The molecule has 1 atom stereocenters. The Morgan fingerprint density at radius 1 is 1.75 bits per heavy atom. The van der Waals surface area contributed by atoms with E-state index in [2.05, 4.69) is 0 Å². The largest absolute Gasteiger partial charge is 0.324 e. The lowest BCUT2D eigenvalue weighted by molar-refractivity contribution is 0.641. The van der Waals surface area contributed by atoms with Gasteiger partial charge in [0.15, 0.2) is 0 Å². The zero-order valence-electron chi connectivity index (χ0n) is 4.47. The maximum atomic E-state index is 12.1. The van der Waals surface area contributed by atoms with Crippen LogP contribution < -0.4 is 5.73 Å². The summed E-state index contributed by atoms with van der Waals surface area (Å²) in [6, 6.07) is 0.0227. The number of hydrogen-bond donors (Lipinski definition) is 1. The molecule has 2 heteroatoms. The van der Waals surface area contributed by atoms with Gasteiger partial charge in [0.25, 0.3) is 0 Å². The molecule has 0 aromatic carbocycles. The van der Waals surface area contributed by atoms with Gasteiger partial charge in [-0.1, -0.05) is 6.08 Å². The predicted octanol–water partition coefficient (Wildman–Crippen LogP) is 1.13. The third kappa shape index (κ3) is 1.17. The van der Waals surface area contributed by atoms with E-state index >= 15 is 0 Å². The minimum absolute atomic E-state index is 0.0227. The summed E-state index contributed by atoms with van der Waals surface area (Å²) in [5.41, 5.74) is 5.40. The molecule has 0 fully saturated rings. The van der Waals surface area contributed by atoms with Crippen LogP contribution >= 0.6 is 0 Å². The van der Waals surface area contributed by atoms with Gasteiger partial charge in [-0.3, -0.25) is 0 Å². The van der Waals surface area contributed by atoms with E-state index in [0.29, 0.717) is 6.42 Å². The van der Waals surface area contributed by atoms with Gasteiger partial charge in [-0.05, 0) is 18.6 Å². The summed E-state index contributed by atoms with van der Waals surface area (Å²) in [5, 5.41) is 0. The van der Waals surface area contributed by atoms with Crippen LogP contribution in [0.1, 0.15) is 6.42 Å². The predicted molar refractivity (Wildman–Crippen MR) is 30.9 cm³/mol. The molecule has 1 nitrogen and oxygen atoms in total. The number of halogens is 1. The van der Waals surface area contributed by atoms with Crippen molar-refractivity contribution in [1.29, 1.82) is 0 Å². The highest BCUT2D eigenvalue weighted by Crippen LogP contribution is 2.08. The molecule has 1 aliphatic carbocycles. The molecule has 0 bridgehead atoms. The van der Waals surface area contributed by atoms with Crippen LogP contribution in [0.3, 0.4) is 0 Å². The fourth-order valence-electron chi connectivity index (χ4n) is 0.611. The van der Waals surface area contributed by atoms with Crippen LogP contribution in [-0.4, -0.2) is 6.04 Å². The van der Waals surface area contributed by atoms with Gasteiger partial charge in [-0.15, -0.1) is 0 Å². The molecule has 0 aromatic rings. The lowest BCUT2D eigenvalue weighted by atomic mass is 10.1. The Labute approximate surface area is 47.7 Å². The Hall–Kier alpha value is -0.630. The second kappa shape index (κ2) is 2.09. The van der Waals surface area contributed by atoms with E-state index in [4.69, 9.17) is 5.73 Å². The Morgan fingerprint density at radius 2 is 2.50 bits per heavy atom. The van der Waals surface area contributed by atoms with E-state index in [9.17, 15) is 4.39 Å². The van der Waals surface area contributed by atoms with E-state index in [1.54, 1.807) is 6.08 Å². The molecule has 1 unspecified atom stereocenters. The van der Waals surface area contributed by atoms with E-state index in [1.807, 2.05) is 0 Å². The summed E-state index contributed by atoms with van der Waals surface area (Å²) < 4.78 is 12.1. The van der Waals surface area contributed by atoms with Gasteiger partial charge in [0.2, 0.25) is 0 Å². The van der Waals surface area contributed by atoms with Gasteiger partial charge in [-0.2, -0.15) is 0 Å². The number of rotatable bonds is 0. The fourth-order valence-corrected chi connectivity index (χ4v) is 0.611. The first kappa shape index (κ1) is 5.51. The van der Waals surface area contributed by atoms with Crippen molar-refractivity contribution >= 4 is 0 Å². The number of allylic oxidation sites excluding steroid dienone is 2. The van der Waals surface area contributed by atoms with Gasteiger partial charge >= 0.3 is 0 Å². The SMILES string of the molecule is NC1C=CC(F)=CC1. The molecule has 0 amide bonds. The van der Waals surface area contributed by atoms with Gasteiger partial charge in [0.05, 0.1) is 0 Å². The molecule has 0 aromatic heterocycles. The van der Waals surface area contributed by atoms with Gasteiger partial charge < -0.3 is 5.73 Å². The Kier molecular flexibility index (Phi) is 1.44. The molecule has 0 saturated carbocycles. The van der Waals surface area contributed by atoms with E-state index in [0.717, 1.165) is 0 Å². The van der Waals surface area contributed by atoms with Crippen LogP contribution in [0.4, 0.5) is 4.39 Å². The van der Waals surface area contributed by atoms with Crippen LogP contribution in [0.25, 0.3) is 0 Å². The van der Waals surface area contributed by atoms with Crippen LogP contribution in [0, 0.1) is 0 Å². The van der Waals surface area contributed by atoms with Crippen LogP contribution in [0.2, 0.25) is 0 Å². The molecule has 0 heterocycles. The third-order valence-corrected chi connectivity index (χ3v) is 1.09. The van der Waals surface area contributed by atoms with Crippen molar-refractivity contribution < 1.29 is 4.39 Å². The standard InChI is InChI=1S/C6H8FN/c7-5-1-3-6(8)4-2-5/h1-3,6H,4,8H2. The molecule has 44 valence electrons. The van der Waals surface area contributed by atoms with Crippen molar-refractivity contribution in [3.8, 4) is 0 Å². The van der Waals surface area contributed by atoms with Crippen LogP contribution in [-0.2, 0) is 0 Å². The maximum absolute atomic E-state index is 12.1. The molecular formula is C6H8FN. The highest BCUT2D eigenvalue weighted by atomic mass is 19.1. The lowest BCUT2D eigenvalue weighted by Gasteiger charge is -2.04. The summed E-state index contributed by atoms with van der Waals surface area (Å²) in [7, 11) is 0. The minimum Gasteiger partial charge on any atom is -0.324 e. The van der Waals surface area contributed by atoms with Crippen molar-refractivity contribution in [2.45, 2.75) is 12.5 Å². The highest BCUT2D eigenvalue weighted by molar-refractivity contribution is 5.18. The number of nitrogens with two attached hydrogens (primary N) is 1. The molecule has 0 aliphatic heterocycles. The molecular weight excluding hydrogens is 105 g/mol. The molecule has 0 saturated heterocycles. The van der Waals surface area contributed by atoms with Crippen molar-refractivity contribution in [3.63, 3.8) is 0 Å². The zero-order valence-corrected chi connectivity index (χ0v) is 4.47. The first-order chi connectivity index (χ1) is 3.79. The third-order valence-electron chi connectivity index (χ3n) is 1.09. The molecule has 0 radical (unpaired) electrons. The van der Waals surface area contributed by atoms with Gasteiger partial charge in [0.1, 0.15) is 5.83 Å². The summed E-state index contributed by atoms with van der Waals surface area (Å²) >= 11 is 0. The average molecular weight is 113 g/mol. The zero-order chi connectivity index (χ0) is 5.98. The van der Waals surface area contributed by atoms with Crippen molar-refractivity contribution in [3.05, 3.63) is 24.1 Å². The smallest absolute Gasteiger partial charge is 0.119 e. The second-order valence-electron chi connectivity index (χ2n) is 1.85. The molecule has 2 N–H and O–H groups in total. The van der Waals surface area contributed by atoms with E-state index < -0.39 is 0 Å². The van der Waals surface area contributed by atoms with Crippen LogP contribution in [0.5, 0.6) is 0 Å². The van der Waals surface area contributed by atoms with E-state index in [-0.39, 0.29) is 11.9 Å². The summed E-state index contributed by atoms with van der Waals surface area (Å²) in [6.07, 6.45) is 5.18. The quantitative estimate of drug-likeness (QED) is 0.500. The molecule has 1 rings (SSSR count). The number of hydrogen-bond acceptors (Lipinski definition) is 1. The molecule has 8 heavy (non-hydrogen) atoms. The summed E-state index contributed by atoms with van der Waals surface area (Å²) in [5.74, 6) is -0.174. The topological polar surface area (TPSA) is 26.0 Å². The molecule has 1 aliphatic rings. The highest BCUT2D eigenvalue weighted by Gasteiger charge is 2.00. The Morgan fingerprint density at radius 3 is 2.88 bits per heavy atom. The van der Waals surface area contributed by atoms with Gasteiger partial charge in [0, 0.05) is 6.04 Å². The Bertz CT molecular complexity index is 137. The fraction of sp³-hybridized carbons (Fsp3) is 0.333. The molecule has 0 spiro atoms. The first-order valence-corrected chi connectivity index (χ1v) is 2.58. The van der Waals surface area contributed by atoms with E-state index in [1.165, 1.54) is 12.2 Å². The maximum Gasteiger partial charge on any atom is 0.119 e. The second-order valence-corrected chi connectivity index (χ2v) is 1.85. The summed E-state index contributed by atoms with van der Waals surface area (Å²) in [4.78, 5) is 0. The van der Waals surface area contributed by atoms with Crippen molar-refractivity contribution in [1.82, 2.24) is 0 Å². The van der Waals surface area contributed by atoms with Gasteiger partial charge in [-0.25, -0.2) is 4.39 Å². The monoisotopic (exact) mass is 113 g/mol. The normalized spacial score (nSPS) is 27.8. The average Bonchev–Trinajstić information content (AvgIpc) is 1.77. The van der Waals surface area contributed by atoms with Crippen molar-refractivity contribution in [2.24, 2.45) is 5.73 Å². The van der Waals surface area contributed by atoms with Crippen molar-refractivity contribution in [2.75, 3.05) is 0 Å². The lowest BCUT2D eigenvalue weighted by Crippen LogP contribution is -2.16. The minimum atomic E-state index is -0.174. The van der Waals surface area contributed by atoms with Crippen LogP contribution in [0.15, 0.2) is 24.1 Å². The Balaban J connectivity index is 2.58.